The van der Waals surface area contributed by atoms with Gasteiger partial charge in [0.1, 0.15) is 5.56 Å². The number of H-pyrrole nitrogens is 1. The van der Waals surface area contributed by atoms with Gasteiger partial charge in [-0.25, -0.2) is 14.8 Å². The van der Waals surface area contributed by atoms with Gasteiger partial charge in [0.25, 0.3) is 0 Å². The zero-order valence-corrected chi connectivity index (χ0v) is 21.3. The van der Waals surface area contributed by atoms with E-state index in [1.807, 2.05) is 7.05 Å². The van der Waals surface area contributed by atoms with Gasteiger partial charge in [0.05, 0.1) is 21.2 Å². The van der Waals surface area contributed by atoms with Crippen molar-refractivity contribution < 1.29 is 23.1 Å². The van der Waals surface area contributed by atoms with Gasteiger partial charge in [-0.15, -0.1) is 0 Å². The van der Waals surface area contributed by atoms with E-state index in [2.05, 4.69) is 46.8 Å². The number of alkyl halides is 3. The summed E-state index contributed by atoms with van der Waals surface area (Å²) in [6.07, 6.45) is 2.40. The first-order valence-electron chi connectivity index (χ1n) is 11.8. The maximum absolute atomic E-state index is 13.9. The highest BCUT2D eigenvalue weighted by atomic mass is 79.9. The molecule has 5 N–H and O–H groups in total. The Morgan fingerprint density at radius 2 is 1.97 bits per heavy atom. The predicted molar refractivity (Wildman–Crippen MR) is 135 cm³/mol. The molecule has 36 heavy (non-hydrogen) atoms. The first kappa shape index (κ1) is 26.4. The molecule has 194 valence electrons. The second-order valence-electron chi connectivity index (χ2n) is 8.93. The van der Waals surface area contributed by atoms with Crippen LogP contribution in [0, 0.1) is 0 Å². The number of aromatic amines is 1. The highest BCUT2D eigenvalue weighted by molar-refractivity contribution is 9.10. The zero-order valence-electron chi connectivity index (χ0n) is 19.7. The number of nitrogens with one attached hydrogen (secondary N) is 4. The van der Waals surface area contributed by atoms with Crippen LogP contribution in [0.25, 0.3) is 22.2 Å². The van der Waals surface area contributed by atoms with Gasteiger partial charge >= 0.3 is 12.1 Å². The number of carboxylic acids is 1. The number of carbonyl (C=O) groups is 1. The van der Waals surface area contributed by atoms with E-state index in [0.29, 0.717) is 16.9 Å². The van der Waals surface area contributed by atoms with Crippen LogP contribution in [-0.2, 0) is 6.18 Å². The minimum atomic E-state index is -4.66. The highest BCUT2D eigenvalue weighted by Gasteiger charge is 2.36. The Labute approximate surface area is 214 Å². The normalized spacial score (nSPS) is 18.1. The maximum atomic E-state index is 13.9. The van der Waals surface area contributed by atoms with Gasteiger partial charge in [0.15, 0.2) is 0 Å². The van der Waals surface area contributed by atoms with Crippen LogP contribution in [-0.4, -0.2) is 58.2 Å². The Kier molecular flexibility index (Phi) is 8.16. The number of carboxylic acid groups (broad SMARTS) is 1. The van der Waals surface area contributed by atoms with Crippen LogP contribution in [0.1, 0.15) is 48.0 Å². The van der Waals surface area contributed by atoms with Gasteiger partial charge in [-0.2, -0.15) is 13.2 Å². The summed E-state index contributed by atoms with van der Waals surface area (Å²) in [6.45, 7) is 1.91. The molecule has 1 aliphatic rings. The third-order valence-corrected chi connectivity index (χ3v) is 7.25. The molecule has 1 aromatic carbocycles. The number of benzene rings is 1. The number of aromatic carboxylic acids is 1. The lowest BCUT2D eigenvalue weighted by Crippen LogP contribution is -2.29. The average molecular weight is 569 g/mol. The minimum absolute atomic E-state index is 0.00316. The molecule has 8 nitrogen and oxygen atoms in total. The Bertz CT molecular complexity index is 1230. The third kappa shape index (κ3) is 5.81. The number of unbranched alkanes of at least 4 members (excludes halogenated alkanes) is 1. The number of aromatic nitrogens is 3. The fourth-order valence-electron chi connectivity index (χ4n) is 4.60. The molecular formula is C24H28BrF3N6O2. The number of anilines is 1. The highest BCUT2D eigenvalue weighted by Crippen LogP contribution is 2.40. The molecule has 12 heteroatoms. The number of nitrogens with zero attached hydrogens (tertiary/aromatic N) is 2. The molecule has 3 aromatic rings. The molecule has 0 saturated heterocycles. The maximum Gasteiger partial charge on any atom is 0.419 e. The van der Waals surface area contributed by atoms with E-state index in [-0.39, 0.29) is 33.3 Å². The molecule has 0 amide bonds. The van der Waals surface area contributed by atoms with Crippen LogP contribution in [0.2, 0.25) is 0 Å². The molecule has 0 unspecified atom stereocenters. The van der Waals surface area contributed by atoms with Crippen molar-refractivity contribution in [2.24, 2.45) is 0 Å². The van der Waals surface area contributed by atoms with Crippen molar-refractivity contribution in [1.29, 1.82) is 0 Å². The Morgan fingerprint density at radius 3 is 2.69 bits per heavy atom. The molecule has 2 aromatic heterocycles. The molecule has 0 bridgehead atoms. The monoisotopic (exact) mass is 568 g/mol. The van der Waals surface area contributed by atoms with Crippen molar-refractivity contribution in [3.63, 3.8) is 0 Å². The molecule has 1 aliphatic carbocycles. The Balaban J connectivity index is 1.56. The fourth-order valence-corrected chi connectivity index (χ4v) is 5.23. The lowest BCUT2D eigenvalue weighted by Gasteiger charge is -2.17. The molecule has 0 aliphatic heterocycles. The number of hydrogen-bond acceptors (Lipinski definition) is 6. The number of fused-ring (bicyclic) bond motifs is 1. The van der Waals surface area contributed by atoms with Gasteiger partial charge in [0.2, 0.25) is 5.95 Å². The standard InChI is InChI=1S/C24H28BrF3N6O2/c1-29-8-2-3-9-30-13-4-5-14(10-13)33-23-32-12-18(24(26,27)28)20(34-23)17-11-31-21-15(17)6-7-16(19(21)25)22(35)36/h6-7,11-14,29-31H,2-5,8-10H2,1H3,(H,35,36)(H,32,33,34)/t13-,14-/m0/s1. The van der Waals surface area contributed by atoms with Crippen LogP contribution >= 0.6 is 15.9 Å². The van der Waals surface area contributed by atoms with Gasteiger partial charge < -0.3 is 26.0 Å². The summed E-state index contributed by atoms with van der Waals surface area (Å²) in [5.41, 5.74) is -0.625. The molecule has 0 spiro atoms. The second-order valence-corrected chi connectivity index (χ2v) is 9.72. The van der Waals surface area contributed by atoms with Crippen molar-refractivity contribution in [3.05, 3.63) is 40.1 Å². The first-order valence-corrected chi connectivity index (χ1v) is 12.6. The molecule has 0 radical (unpaired) electrons. The second kappa shape index (κ2) is 11.1. The molecule has 2 heterocycles. The summed E-state index contributed by atoms with van der Waals surface area (Å²) in [4.78, 5) is 22.6. The van der Waals surface area contributed by atoms with E-state index in [9.17, 15) is 23.1 Å². The van der Waals surface area contributed by atoms with Crippen LogP contribution in [0.3, 0.4) is 0 Å². The smallest absolute Gasteiger partial charge is 0.419 e. The number of halogens is 4. The molecule has 4 rings (SSSR count). The predicted octanol–water partition coefficient (Wildman–Crippen LogP) is 5.03. The molecule has 1 fully saturated rings. The lowest BCUT2D eigenvalue weighted by atomic mass is 10.0. The van der Waals surface area contributed by atoms with Crippen molar-refractivity contribution in [3.8, 4) is 11.3 Å². The van der Waals surface area contributed by atoms with Crippen LogP contribution in [0.5, 0.6) is 0 Å². The Morgan fingerprint density at radius 1 is 1.22 bits per heavy atom. The zero-order chi connectivity index (χ0) is 25.9. The van der Waals surface area contributed by atoms with E-state index >= 15 is 0 Å². The Hall–Kier alpha value is -2.70. The summed E-state index contributed by atoms with van der Waals surface area (Å²) in [5.74, 6) is -1.01. The summed E-state index contributed by atoms with van der Waals surface area (Å²) in [5, 5.41) is 19.7. The summed E-state index contributed by atoms with van der Waals surface area (Å²) < 4.78 is 41.9. The first-order chi connectivity index (χ1) is 17.2. The fraction of sp³-hybridized carbons (Fsp3) is 0.458. The molecular weight excluding hydrogens is 541 g/mol. The summed E-state index contributed by atoms with van der Waals surface area (Å²) >= 11 is 3.25. The molecule has 2 atom stereocenters. The van der Waals surface area contributed by atoms with Gasteiger partial charge in [-0.05, 0) is 74.2 Å². The van der Waals surface area contributed by atoms with Gasteiger partial charge in [0, 0.05) is 35.4 Å². The summed E-state index contributed by atoms with van der Waals surface area (Å²) in [6, 6.07) is 3.23. The average Bonchev–Trinajstić information content (AvgIpc) is 3.45. The number of rotatable bonds is 10. The third-order valence-electron chi connectivity index (χ3n) is 6.43. The van der Waals surface area contributed by atoms with Crippen molar-refractivity contribution in [2.45, 2.75) is 50.4 Å². The van der Waals surface area contributed by atoms with Gasteiger partial charge in [-0.3, -0.25) is 0 Å². The van der Waals surface area contributed by atoms with E-state index < -0.39 is 17.7 Å². The van der Waals surface area contributed by atoms with E-state index in [1.165, 1.54) is 18.3 Å². The molecule has 1 saturated carbocycles. The lowest BCUT2D eigenvalue weighted by molar-refractivity contribution is -0.137. The summed E-state index contributed by atoms with van der Waals surface area (Å²) in [7, 11) is 1.93. The van der Waals surface area contributed by atoms with Crippen LogP contribution in [0.15, 0.2) is 29.0 Å². The largest absolute Gasteiger partial charge is 0.478 e. The SMILES string of the molecule is CNCCCCN[C@H]1CC[C@H](Nc2ncc(C(F)(F)F)c(-c3c[nH]c4c(Br)c(C(=O)O)ccc34)n2)C1. The van der Waals surface area contributed by atoms with Crippen molar-refractivity contribution >= 4 is 38.8 Å². The van der Waals surface area contributed by atoms with Crippen LogP contribution in [0.4, 0.5) is 19.1 Å². The van der Waals surface area contributed by atoms with Crippen molar-refractivity contribution in [2.75, 3.05) is 25.5 Å². The van der Waals surface area contributed by atoms with Crippen LogP contribution < -0.4 is 16.0 Å². The number of hydrogen-bond donors (Lipinski definition) is 5. The van der Waals surface area contributed by atoms with E-state index in [4.69, 9.17) is 0 Å². The van der Waals surface area contributed by atoms with Crippen molar-refractivity contribution in [1.82, 2.24) is 25.6 Å². The van der Waals surface area contributed by atoms with E-state index in [0.717, 1.165) is 51.4 Å². The van der Waals surface area contributed by atoms with Gasteiger partial charge in [-0.1, -0.05) is 6.07 Å². The minimum Gasteiger partial charge on any atom is -0.478 e. The van der Waals surface area contributed by atoms with E-state index in [1.54, 1.807) is 0 Å². The topological polar surface area (TPSA) is 115 Å². The quantitative estimate of drug-likeness (QED) is 0.218.